The highest BCUT2D eigenvalue weighted by molar-refractivity contribution is 6.02. The lowest BCUT2D eigenvalue weighted by Crippen LogP contribution is -2.39. The van der Waals surface area contributed by atoms with E-state index in [1.807, 2.05) is 6.07 Å². The van der Waals surface area contributed by atoms with Crippen LogP contribution >= 0.6 is 0 Å². The van der Waals surface area contributed by atoms with Crippen molar-refractivity contribution in [2.75, 3.05) is 27.9 Å². The van der Waals surface area contributed by atoms with Gasteiger partial charge >= 0.3 is 0 Å². The van der Waals surface area contributed by atoms with E-state index in [-0.39, 0.29) is 5.91 Å². The largest absolute Gasteiger partial charge is 0.496 e. The van der Waals surface area contributed by atoms with Crippen LogP contribution in [0.4, 0.5) is 0 Å². The number of aromatic nitrogens is 1. The van der Waals surface area contributed by atoms with Gasteiger partial charge in [0.05, 0.1) is 26.8 Å². The number of hydrogen-bond donors (Lipinski definition) is 2. The maximum atomic E-state index is 13.3. The molecule has 3 aromatic carbocycles. The van der Waals surface area contributed by atoms with Gasteiger partial charge in [0.2, 0.25) is 0 Å². The summed E-state index contributed by atoms with van der Waals surface area (Å²) < 4.78 is 16.5. The number of methoxy groups -OCH3 is 3. The Morgan fingerprint density at radius 1 is 0.886 bits per heavy atom. The fourth-order valence-corrected chi connectivity index (χ4v) is 6.14. The lowest BCUT2D eigenvalue weighted by Gasteiger charge is -2.45. The third-order valence-electron chi connectivity index (χ3n) is 7.63. The molecule has 4 aromatic rings. The van der Waals surface area contributed by atoms with Gasteiger partial charge in [-0.3, -0.25) is 4.79 Å². The molecule has 178 valence electrons. The van der Waals surface area contributed by atoms with Crippen molar-refractivity contribution in [1.82, 2.24) is 10.3 Å². The molecule has 1 aromatic heterocycles. The van der Waals surface area contributed by atoms with Gasteiger partial charge in [0.1, 0.15) is 11.4 Å². The minimum Gasteiger partial charge on any atom is -0.496 e. The number of fused-ring (bicyclic) bond motifs is 2. The molecule has 0 aliphatic heterocycles. The second kappa shape index (κ2) is 8.38. The standard InChI is InChI=1S/C29H28N2O4/c1-33-24-14-25(34-2)28(35-3)27-22(24)13-23(31-27)29(32)30-15-16-12-21-17-8-4-6-10-19(17)26(16)20-11-7-5-9-18(20)21/h4-11,13-14,16,21,26,31H,12,15H2,1-3H3,(H,30,32). The number of rotatable bonds is 6. The Morgan fingerprint density at radius 3 is 2.11 bits per heavy atom. The molecule has 0 saturated carbocycles. The van der Waals surface area contributed by atoms with Crippen LogP contribution in [-0.4, -0.2) is 38.8 Å². The number of H-pyrrole nitrogens is 1. The number of nitrogens with one attached hydrogen (secondary N) is 2. The van der Waals surface area contributed by atoms with Crippen LogP contribution in [0.5, 0.6) is 17.2 Å². The maximum absolute atomic E-state index is 13.3. The molecular formula is C29H28N2O4. The normalized spacial score (nSPS) is 19.7. The molecule has 2 bridgehead atoms. The summed E-state index contributed by atoms with van der Waals surface area (Å²) in [6.45, 7) is 0.607. The van der Waals surface area contributed by atoms with Gasteiger partial charge in [-0.25, -0.2) is 0 Å². The van der Waals surface area contributed by atoms with Crippen LogP contribution in [-0.2, 0) is 0 Å². The Balaban J connectivity index is 1.29. The number of hydrogen-bond acceptors (Lipinski definition) is 4. The summed E-state index contributed by atoms with van der Waals surface area (Å²) >= 11 is 0. The third kappa shape index (κ3) is 3.27. The first-order valence-electron chi connectivity index (χ1n) is 11.9. The van der Waals surface area contributed by atoms with E-state index < -0.39 is 0 Å². The molecule has 6 nitrogen and oxygen atoms in total. The average Bonchev–Trinajstić information content (AvgIpc) is 3.36. The van der Waals surface area contributed by atoms with E-state index in [9.17, 15) is 4.79 Å². The smallest absolute Gasteiger partial charge is 0.267 e. The fraction of sp³-hybridized carbons (Fsp3) is 0.276. The SMILES string of the molecule is COc1cc(OC)c2cc(C(=O)NCC3CC4c5ccccc5C3c3ccccc34)[nH]c2c1OC. The zero-order valence-electron chi connectivity index (χ0n) is 20.1. The van der Waals surface area contributed by atoms with E-state index in [0.717, 1.165) is 11.8 Å². The number of aromatic amines is 1. The topological polar surface area (TPSA) is 72.6 Å². The van der Waals surface area contributed by atoms with Crippen LogP contribution in [0.2, 0.25) is 0 Å². The molecule has 2 N–H and O–H groups in total. The molecule has 3 aliphatic carbocycles. The number of carbonyl (C=O) groups excluding carboxylic acids is 1. The second-order valence-electron chi connectivity index (χ2n) is 9.28. The van der Waals surface area contributed by atoms with E-state index in [4.69, 9.17) is 14.2 Å². The van der Waals surface area contributed by atoms with Crippen molar-refractivity contribution < 1.29 is 19.0 Å². The molecule has 1 unspecified atom stereocenters. The lowest BCUT2D eigenvalue weighted by molar-refractivity contribution is 0.0938. The Kier molecular flexibility index (Phi) is 5.17. The fourth-order valence-electron chi connectivity index (χ4n) is 6.14. The molecule has 0 fully saturated rings. The van der Waals surface area contributed by atoms with Crippen molar-refractivity contribution >= 4 is 16.8 Å². The molecule has 3 aliphatic rings. The zero-order chi connectivity index (χ0) is 24.1. The van der Waals surface area contributed by atoms with Gasteiger partial charge in [-0.05, 0) is 40.7 Å². The molecule has 0 spiro atoms. The van der Waals surface area contributed by atoms with Crippen molar-refractivity contribution in [3.63, 3.8) is 0 Å². The monoisotopic (exact) mass is 468 g/mol. The molecule has 1 atom stereocenters. The predicted octanol–water partition coefficient (Wildman–Crippen LogP) is 5.22. The molecule has 0 radical (unpaired) electrons. The van der Waals surface area contributed by atoms with E-state index >= 15 is 0 Å². The minimum absolute atomic E-state index is 0.146. The van der Waals surface area contributed by atoms with E-state index in [1.165, 1.54) is 22.3 Å². The van der Waals surface area contributed by atoms with E-state index in [2.05, 4.69) is 58.8 Å². The quantitative estimate of drug-likeness (QED) is 0.407. The van der Waals surface area contributed by atoms with Gasteiger partial charge in [-0.15, -0.1) is 0 Å². The molecule has 35 heavy (non-hydrogen) atoms. The summed E-state index contributed by atoms with van der Waals surface area (Å²) in [7, 11) is 4.76. The van der Waals surface area contributed by atoms with E-state index in [1.54, 1.807) is 27.4 Å². The van der Waals surface area contributed by atoms with Crippen LogP contribution < -0.4 is 19.5 Å². The van der Waals surface area contributed by atoms with E-state index in [0.29, 0.717) is 52.8 Å². The number of ether oxygens (including phenoxy) is 3. The third-order valence-corrected chi connectivity index (χ3v) is 7.63. The highest BCUT2D eigenvalue weighted by Gasteiger charge is 2.42. The summed E-state index contributed by atoms with van der Waals surface area (Å²) in [5.74, 6) is 2.56. The molecule has 6 heteroatoms. The molecule has 0 saturated heterocycles. The summed E-state index contributed by atoms with van der Waals surface area (Å²) in [5.41, 5.74) is 6.80. The second-order valence-corrected chi connectivity index (χ2v) is 9.28. The summed E-state index contributed by atoms with van der Waals surface area (Å²) in [5, 5.41) is 3.97. The first-order chi connectivity index (χ1) is 17.1. The summed E-state index contributed by atoms with van der Waals surface area (Å²) in [6.07, 6.45) is 1.03. The first-order valence-corrected chi connectivity index (χ1v) is 11.9. The van der Waals surface area contributed by atoms with Gasteiger partial charge in [0.15, 0.2) is 11.5 Å². The molecule has 1 amide bonds. The lowest BCUT2D eigenvalue weighted by atomic mass is 9.59. The number of carbonyl (C=O) groups is 1. The van der Waals surface area contributed by atoms with Crippen molar-refractivity contribution in [1.29, 1.82) is 0 Å². The highest BCUT2D eigenvalue weighted by Crippen LogP contribution is 2.55. The zero-order valence-corrected chi connectivity index (χ0v) is 20.1. The van der Waals surface area contributed by atoms with Crippen molar-refractivity contribution in [3.8, 4) is 17.2 Å². The van der Waals surface area contributed by atoms with Crippen LogP contribution in [0.1, 0.15) is 51.0 Å². The van der Waals surface area contributed by atoms with Gasteiger partial charge in [0, 0.05) is 29.8 Å². The Morgan fingerprint density at radius 2 is 1.51 bits per heavy atom. The Hall–Kier alpha value is -3.93. The first kappa shape index (κ1) is 21.6. The van der Waals surface area contributed by atoms with Crippen LogP contribution in [0.3, 0.4) is 0 Å². The number of benzene rings is 3. The van der Waals surface area contributed by atoms with Gasteiger partial charge in [0.25, 0.3) is 5.91 Å². The van der Waals surface area contributed by atoms with Crippen LogP contribution in [0.15, 0.2) is 60.7 Å². The molecule has 1 heterocycles. The van der Waals surface area contributed by atoms with Crippen molar-refractivity contribution in [2.24, 2.45) is 5.92 Å². The summed E-state index contributed by atoms with van der Waals surface area (Å²) in [6, 6.07) is 21.1. The van der Waals surface area contributed by atoms with Crippen molar-refractivity contribution in [2.45, 2.75) is 18.3 Å². The van der Waals surface area contributed by atoms with Gasteiger partial charge in [-0.1, -0.05) is 48.5 Å². The van der Waals surface area contributed by atoms with Crippen LogP contribution in [0, 0.1) is 5.92 Å². The summed E-state index contributed by atoms with van der Waals surface area (Å²) in [4.78, 5) is 16.5. The average molecular weight is 469 g/mol. The van der Waals surface area contributed by atoms with Gasteiger partial charge in [-0.2, -0.15) is 0 Å². The highest BCUT2D eigenvalue weighted by atomic mass is 16.5. The molecular weight excluding hydrogens is 440 g/mol. The predicted molar refractivity (Wildman–Crippen MR) is 135 cm³/mol. The van der Waals surface area contributed by atoms with Crippen LogP contribution in [0.25, 0.3) is 10.9 Å². The minimum atomic E-state index is -0.146. The maximum Gasteiger partial charge on any atom is 0.267 e. The van der Waals surface area contributed by atoms with Gasteiger partial charge < -0.3 is 24.5 Å². The van der Waals surface area contributed by atoms with Crippen molar-refractivity contribution in [3.05, 3.63) is 88.6 Å². The Labute approximate surface area is 204 Å². The molecule has 7 rings (SSSR count). The Bertz CT molecular complexity index is 1390. The number of amides is 1.